The van der Waals surface area contributed by atoms with Crippen molar-refractivity contribution in [1.82, 2.24) is 9.88 Å². The molecule has 14 heavy (non-hydrogen) atoms. The van der Waals surface area contributed by atoms with E-state index in [1.54, 1.807) is 11.3 Å². The van der Waals surface area contributed by atoms with E-state index in [0.29, 0.717) is 18.0 Å². The molecule has 1 saturated carbocycles. The Hall–Kier alpha value is -1.10. The highest BCUT2D eigenvalue weighted by Gasteiger charge is 2.39. The van der Waals surface area contributed by atoms with Crippen molar-refractivity contribution in [2.24, 2.45) is 10.7 Å². The van der Waals surface area contributed by atoms with Crippen molar-refractivity contribution in [3.8, 4) is 0 Å². The molecule has 0 aromatic carbocycles. The minimum atomic E-state index is 0.308. The van der Waals surface area contributed by atoms with Crippen LogP contribution in [0.15, 0.2) is 16.6 Å². The van der Waals surface area contributed by atoms with Gasteiger partial charge in [0, 0.05) is 17.6 Å². The summed E-state index contributed by atoms with van der Waals surface area (Å²) in [5, 5.41) is 3.15. The van der Waals surface area contributed by atoms with Gasteiger partial charge in [0.05, 0.1) is 6.54 Å². The van der Waals surface area contributed by atoms with Gasteiger partial charge in [0.2, 0.25) is 0 Å². The Kier molecular flexibility index (Phi) is 1.73. The summed E-state index contributed by atoms with van der Waals surface area (Å²) < 4.78 is 0. The van der Waals surface area contributed by atoms with Gasteiger partial charge in [-0.05, 0) is 12.8 Å². The van der Waals surface area contributed by atoms with Crippen LogP contribution in [0.2, 0.25) is 0 Å². The summed E-state index contributed by atoms with van der Waals surface area (Å²) in [5.41, 5.74) is 5.87. The monoisotopic (exact) mass is 208 g/mol. The second-order valence-corrected chi connectivity index (χ2v) is 4.65. The fraction of sp³-hybridized carbons (Fsp3) is 0.556. The van der Waals surface area contributed by atoms with Crippen molar-refractivity contribution < 1.29 is 0 Å². The van der Waals surface area contributed by atoms with Crippen LogP contribution < -0.4 is 5.73 Å². The van der Waals surface area contributed by atoms with Crippen molar-refractivity contribution in [3.63, 3.8) is 0 Å². The lowest BCUT2D eigenvalue weighted by Gasteiger charge is -2.24. The quantitative estimate of drug-likeness (QED) is 0.788. The molecule has 2 heterocycles. The summed E-state index contributed by atoms with van der Waals surface area (Å²) >= 11 is 1.69. The van der Waals surface area contributed by atoms with Crippen molar-refractivity contribution >= 4 is 17.3 Å². The lowest BCUT2D eigenvalue weighted by atomic mass is 10.3. The van der Waals surface area contributed by atoms with Gasteiger partial charge >= 0.3 is 0 Å². The molecule has 4 nitrogen and oxygen atoms in total. The third-order valence-corrected chi connectivity index (χ3v) is 3.58. The molecule has 74 valence electrons. The highest BCUT2D eigenvalue weighted by atomic mass is 32.1. The number of hydrogen-bond donors (Lipinski definition) is 1. The number of nitrogens with two attached hydrogens (primary N) is 1. The molecule has 0 saturated heterocycles. The number of thiazole rings is 1. The first kappa shape index (κ1) is 8.23. The summed E-state index contributed by atoms with van der Waals surface area (Å²) in [4.78, 5) is 10.9. The van der Waals surface area contributed by atoms with E-state index in [0.717, 1.165) is 11.6 Å². The lowest BCUT2D eigenvalue weighted by molar-refractivity contribution is 0.337. The second kappa shape index (κ2) is 2.95. The Morgan fingerprint density at radius 1 is 1.50 bits per heavy atom. The molecule has 1 aliphatic carbocycles. The average Bonchev–Trinajstić information content (AvgIpc) is 2.75. The molecular weight excluding hydrogens is 196 g/mol. The van der Waals surface area contributed by atoms with E-state index >= 15 is 0 Å². The molecule has 3 rings (SSSR count). The third kappa shape index (κ3) is 1.19. The van der Waals surface area contributed by atoms with Gasteiger partial charge in [0.1, 0.15) is 11.0 Å². The first-order chi connectivity index (χ1) is 6.86. The van der Waals surface area contributed by atoms with E-state index in [2.05, 4.69) is 14.9 Å². The summed E-state index contributed by atoms with van der Waals surface area (Å²) in [7, 11) is 0. The largest absolute Gasteiger partial charge is 0.370 e. The molecule has 1 aromatic rings. The number of hydrogen-bond acceptors (Lipinski definition) is 5. The maximum absolute atomic E-state index is 5.87. The van der Waals surface area contributed by atoms with E-state index in [-0.39, 0.29) is 0 Å². The Balaban J connectivity index is 1.87. The fourth-order valence-corrected chi connectivity index (χ4v) is 2.63. The van der Waals surface area contributed by atoms with Crippen LogP contribution in [0.25, 0.3) is 0 Å². The Morgan fingerprint density at radius 2 is 2.36 bits per heavy atom. The predicted molar refractivity (Wildman–Crippen MR) is 56.2 cm³/mol. The van der Waals surface area contributed by atoms with Crippen LogP contribution in [0.4, 0.5) is 0 Å². The number of aliphatic imine (C=N–C) groups is 1. The zero-order valence-electron chi connectivity index (χ0n) is 7.76. The van der Waals surface area contributed by atoms with Crippen molar-refractivity contribution in [3.05, 3.63) is 16.6 Å². The molecule has 1 fully saturated rings. The highest BCUT2D eigenvalue weighted by Crippen LogP contribution is 2.37. The van der Waals surface area contributed by atoms with E-state index in [1.165, 1.54) is 12.8 Å². The molecule has 1 unspecified atom stereocenters. The minimum Gasteiger partial charge on any atom is -0.370 e. The first-order valence-corrected chi connectivity index (χ1v) is 5.72. The first-order valence-electron chi connectivity index (χ1n) is 4.84. The van der Waals surface area contributed by atoms with E-state index in [9.17, 15) is 0 Å². The van der Waals surface area contributed by atoms with Crippen LogP contribution in [-0.4, -0.2) is 28.4 Å². The number of guanidine groups is 1. The average molecular weight is 208 g/mol. The molecule has 1 atom stereocenters. The van der Waals surface area contributed by atoms with Gasteiger partial charge in [-0.3, -0.25) is 4.99 Å². The van der Waals surface area contributed by atoms with Crippen molar-refractivity contribution in [2.75, 3.05) is 6.54 Å². The van der Waals surface area contributed by atoms with Gasteiger partial charge in [-0.15, -0.1) is 11.3 Å². The summed E-state index contributed by atoms with van der Waals surface area (Å²) in [5.74, 6) is 0.702. The Labute approximate surface area is 86.5 Å². The van der Waals surface area contributed by atoms with Crippen LogP contribution >= 0.6 is 11.3 Å². The third-order valence-electron chi connectivity index (χ3n) is 2.70. The zero-order chi connectivity index (χ0) is 9.54. The van der Waals surface area contributed by atoms with Gasteiger partial charge in [-0.25, -0.2) is 4.98 Å². The lowest BCUT2D eigenvalue weighted by Crippen LogP contribution is -2.37. The van der Waals surface area contributed by atoms with Gasteiger partial charge < -0.3 is 10.6 Å². The molecular formula is C9H12N4S. The van der Waals surface area contributed by atoms with E-state index < -0.39 is 0 Å². The SMILES string of the molecule is NC1=NCC(c2nccs2)N1C1CC1. The molecule has 1 aromatic heterocycles. The van der Waals surface area contributed by atoms with Crippen LogP contribution in [0, 0.1) is 0 Å². The highest BCUT2D eigenvalue weighted by molar-refractivity contribution is 7.09. The molecule has 2 aliphatic rings. The molecule has 0 radical (unpaired) electrons. The normalized spacial score (nSPS) is 26.7. The van der Waals surface area contributed by atoms with Crippen molar-refractivity contribution in [2.45, 2.75) is 24.9 Å². The van der Waals surface area contributed by atoms with Crippen LogP contribution in [0.3, 0.4) is 0 Å². The number of rotatable bonds is 2. The minimum absolute atomic E-state index is 0.308. The second-order valence-electron chi connectivity index (χ2n) is 3.72. The summed E-state index contributed by atoms with van der Waals surface area (Å²) in [6.07, 6.45) is 4.34. The smallest absolute Gasteiger partial charge is 0.192 e. The summed E-state index contributed by atoms with van der Waals surface area (Å²) in [6.45, 7) is 0.774. The molecule has 1 aliphatic heterocycles. The predicted octanol–water partition coefficient (Wildman–Crippen LogP) is 0.977. The van der Waals surface area contributed by atoms with E-state index in [1.807, 2.05) is 11.6 Å². The molecule has 2 N–H and O–H groups in total. The Morgan fingerprint density at radius 3 is 3.00 bits per heavy atom. The number of nitrogens with zero attached hydrogens (tertiary/aromatic N) is 3. The van der Waals surface area contributed by atoms with Crippen LogP contribution in [-0.2, 0) is 0 Å². The van der Waals surface area contributed by atoms with Gasteiger partial charge in [0.25, 0.3) is 0 Å². The van der Waals surface area contributed by atoms with E-state index in [4.69, 9.17) is 5.73 Å². The van der Waals surface area contributed by atoms with Gasteiger partial charge in [0.15, 0.2) is 5.96 Å². The topological polar surface area (TPSA) is 54.5 Å². The van der Waals surface area contributed by atoms with Gasteiger partial charge in [-0.1, -0.05) is 0 Å². The summed E-state index contributed by atoms with van der Waals surface area (Å²) in [6, 6.07) is 0.928. The zero-order valence-corrected chi connectivity index (χ0v) is 8.57. The van der Waals surface area contributed by atoms with Gasteiger partial charge in [-0.2, -0.15) is 0 Å². The maximum atomic E-state index is 5.87. The standard InChI is InChI=1S/C9H12N4S/c10-9-12-5-7(8-11-3-4-14-8)13(9)6-1-2-6/h3-4,6-7H,1-2,5H2,(H2,10,12). The number of aromatic nitrogens is 1. The molecule has 0 bridgehead atoms. The maximum Gasteiger partial charge on any atom is 0.192 e. The Bertz CT molecular complexity index is 355. The fourth-order valence-electron chi connectivity index (χ4n) is 1.90. The molecule has 0 amide bonds. The van der Waals surface area contributed by atoms with Crippen molar-refractivity contribution in [1.29, 1.82) is 0 Å². The van der Waals surface area contributed by atoms with Crippen LogP contribution in [0.5, 0.6) is 0 Å². The van der Waals surface area contributed by atoms with Crippen LogP contribution in [0.1, 0.15) is 23.9 Å². The molecule has 5 heteroatoms. The molecule has 0 spiro atoms.